The van der Waals surface area contributed by atoms with Crippen LogP contribution in [0.2, 0.25) is 0 Å². The standard InChI is InChI=1S/C14H15FN2O3/c1-3-20-8-13-16-11(7-14(18)17-13)10-6-9(15)4-5-12(10)19-2/h4-7H,3,8H2,1-2H3,(H,16,17,18). The predicted octanol–water partition coefficient (Wildman–Crippen LogP) is 2.12. The molecule has 1 aromatic carbocycles. The first-order chi connectivity index (χ1) is 9.63. The van der Waals surface area contributed by atoms with E-state index in [4.69, 9.17) is 9.47 Å². The van der Waals surface area contributed by atoms with Crippen molar-refractivity contribution in [2.24, 2.45) is 0 Å². The van der Waals surface area contributed by atoms with E-state index in [1.807, 2.05) is 6.92 Å². The average molecular weight is 278 g/mol. The second-order valence-corrected chi connectivity index (χ2v) is 4.06. The molecule has 1 heterocycles. The second-order valence-electron chi connectivity index (χ2n) is 4.06. The van der Waals surface area contributed by atoms with Gasteiger partial charge >= 0.3 is 0 Å². The van der Waals surface area contributed by atoms with Gasteiger partial charge in [0.2, 0.25) is 0 Å². The van der Waals surface area contributed by atoms with Gasteiger partial charge in [0.05, 0.1) is 12.8 Å². The van der Waals surface area contributed by atoms with Gasteiger partial charge in [0.15, 0.2) is 0 Å². The Labute approximate surface area is 115 Å². The van der Waals surface area contributed by atoms with Gasteiger partial charge in [-0.2, -0.15) is 0 Å². The van der Waals surface area contributed by atoms with Crippen molar-refractivity contribution in [2.45, 2.75) is 13.5 Å². The van der Waals surface area contributed by atoms with Crippen LogP contribution in [0.1, 0.15) is 12.7 Å². The van der Waals surface area contributed by atoms with Crippen LogP contribution < -0.4 is 10.3 Å². The highest BCUT2D eigenvalue weighted by Gasteiger charge is 2.11. The molecule has 6 heteroatoms. The molecule has 0 unspecified atom stereocenters. The van der Waals surface area contributed by atoms with Gasteiger partial charge in [-0.05, 0) is 25.1 Å². The summed E-state index contributed by atoms with van der Waals surface area (Å²) in [5.41, 5.74) is 0.451. The van der Waals surface area contributed by atoms with Gasteiger partial charge in [0, 0.05) is 18.2 Å². The molecule has 0 saturated heterocycles. The summed E-state index contributed by atoms with van der Waals surface area (Å²) in [6.45, 7) is 2.55. The molecule has 1 N–H and O–H groups in total. The Kier molecular flexibility index (Phi) is 4.47. The van der Waals surface area contributed by atoms with Crippen LogP contribution in [0.25, 0.3) is 11.3 Å². The first kappa shape index (κ1) is 14.2. The summed E-state index contributed by atoms with van der Waals surface area (Å²) in [5, 5.41) is 0. The molecule has 0 aliphatic carbocycles. The number of aromatic amines is 1. The van der Waals surface area contributed by atoms with Crippen molar-refractivity contribution in [2.75, 3.05) is 13.7 Å². The molecule has 0 aliphatic rings. The topological polar surface area (TPSA) is 64.2 Å². The highest BCUT2D eigenvalue weighted by atomic mass is 19.1. The maximum atomic E-state index is 13.4. The van der Waals surface area contributed by atoms with Crippen LogP contribution >= 0.6 is 0 Å². The zero-order valence-electron chi connectivity index (χ0n) is 11.3. The van der Waals surface area contributed by atoms with Gasteiger partial charge in [-0.1, -0.05) is 0 Å². The fraction of sp³-hybridized carbons (Fsp3) is 0.286. The number of nitrogens with one attached hydrogen (secondary N) is 1. The fourth-order valence-electron chi connectivity index (χ4n) is 1.79. The van der Waals surface area contributed by atoms with E-state index in [2.05, 4.69) is 9.97 Å². The summed E-state index contributed by atoms with van der Waals surface area (Å²) in [6.07, 6.45) is 0. The Morgan fingerprint density at radius 3 is 2.85 bits per heavy atom. The van der Waals surface area contributed by atoms with Gasteiger partial charge < -0.3 is 14.5 Å². The monoisotopic (exact) mass is 278 g/mol. The van der Waals surface area contributed by atoms with Crippen molar-refractivity contribution in [3.63, 3.8) is 0 Å². The summed E-state index contributed by atoms with van der Waals surface area (Å²) in [4.78, 5) is 18.5. The molecule has 2 aromatic rings. The molecular formula is C14H15FN2O3. The molecule has 0 spiro atoms. The molecule has 0 atom stereocenters. The molecule has 0 amide bonds. The minimum atomic E-state index is -0.422. The van der Waals surface area contributed by atoms with Crippen LogP contribution in [0.15, 0.2) is 29.1 Å². The summed E-state index contributed by atoms with van der Waals surface area (Å²) >= 11 is 0. The minimum absolute atomic E-state index is 0.192. The van der Waals surface area contributed by atoms with Crippen molar-refractivity contribution < 1.29 is 13.9 Å². The van der Waals surface area contributed by atoms with E-state index >= 15 is 0 Å². The van der Waals surface area contributed by atoms with Crippen molar-refractivity contribution in [1.29, 1.82) is 0 Å². The number of benzene rings is 1. The predicted molar refractivity (Wildman–Crippen MR) is 72.1 cm³/mol. The zero-order chi connectivity index (χ0) is 14.5. The van der Waals surface area contributed by atoms with E-state index in [0.717, 1.165) is 0 Å². The van der Waals surface area contributed by atoms with E-state index in [1.165, 1.54) is 31.4 Å². The first-order valence-corrected chi connectivity index (χ1v) is 6.16. The lowest BCUT2D eigenvalue weighted by molar-refractivity contribution is 0.128. The lowest BCUT2D eigenvalue weighted by Crippen LogP contribution is -2.12. The second kappa shape index (κ2) is 6.29. The SMILES string of the molecule is CCOCc1nc(-c2cc(F)ccc2OC)cc(=O)[nH]1. The Morgan fingerprint density at radius 1 is 1.35 bits per heavy atom. The van der Waals surface area contributed by atoms with E-state index in [0.29, 0.717) is 29.4 Å². The average Bonchev–Trinajstić information content (AvgIpc) is 2.44. The van der Waals surface area contributed by atoms with E-state index in [-0.39, 0.29) is 12.2 Å². The number of halogens is 1. The van der Waals surface area contributed by atoms with Gasteiger partial charge in [-0.25, -0.2) is 9.37 Å². The molecule has 0 radical (unpaired) electrons. The molecule has 1 aromatic heterocycles. The van der Waals surface area contributed by atoms with Crippen LogP contribution in [0, 0.1) is 5.82 Å². The molecule has 106 valence electrons. The highest BCUT2D eigenvalue weighted by molar-refractivity contribution is 5.66. The Morgan fingerprint density at radius 2 is 2.15 bits per heavy atom. The fourth-order valence-corrected chi connectivity index (χ4v) is 1.79. The lowest BCUT2D eigenvalue weighted by Gasteiger charge is -2.09. The third-order valence-electron chi connectivity index (χ3n) is 2.67. The van der Waals surface area contributed by atoms with Crippen LogP contribution in [-0.2, 0) is 11.3 Å². The van der Waals surface area contributed by atoms with Crippen LogP contribution in [-0.4, -0.2) is 23.7 Å². The summed E-state index contributed by atoms with van der Waals surface area (Å²) in [5.74, 6) is 0.418. The normalized spacial score (nSPS) is 10.6. The largest absolute Gasteiger partial charge is 0.496 e. The summed E-state index contributed by atoms with van der Waals surface area (Å²) in [6, 6.07) is 5.37. The Hall–Kier alpha value is -2.21. The third-order valence-corrected chi connectivity index (χ3v) is 2.67. The first-order valence-electron chi connectivity index (χ1n) is 6.16. The smallest absolute Gasteiger partial charge is 0.251 e. The molecule has 0 fully saturated rings. The lowest BCUT2D eigenvalue weighted by atomic mass is 10.1. The van der Waals surface area contributed by atoms with Gasteiger partial charge in [-0.3, -0.25) is 4.79 Å². The van der Waals surface area contributed by atoms with E-state index < -0.39 is 5.82 Å². The molecule has 2 rings (SSSR count). The Balaban J connectivity index is 2.49. The number of rotatable bonds is 5. The molecule has 0 saturated carbocycles. The van der Waals surface area contributed by atoms with Gasteiger partial charge in [0.1, 0.15) is 24.0 Å². The maximum absolute atomic E-state index is 13.4. The molecule has 0 aliphatic heterocycles. The number of hydrogen-bond donors (Lipinski definition) is 1. The quantitative estimate of drug-likeness (QED) is 0.910. The van der Waals surface area contributed by atoms with Crippen molar-refractivity contribution in [3.05, 3.63) is 46.3 Å². The van der Waals surface area contributed by atoms with Crippen LogP contribution in [0.5, 0.6) is 5.75 Å². The number of aromatic nitrogens is 2. The van der Waals surface area contributed by atoms with Crippen molar-refractivity contribution >= 4 is 0 Å². The number of nitrogens with zero attached hydrogens (tertiary/aromatic N) is 1. The van der Waals surface area contributed by atoms with Crippen molar-refractivity contribution in [3.8, 4) is 17.0 Å². The molecule has 20 heavy (non-hydrogen) atoms. The number of ether oxygens (including phenoxy) is 2. The van der Waals surface area contributed by atoms with Gasteiger partial charge in [0.25, 0.3) is 5.56 Å². The number of H-pyrrole nitrogens is 1. The number of hydrogen-bond acceptors (Lipinski definition) is 4. The summed E-state index contributed by atoms with van der Waals surface area (Å²) < 4.78 is 23.8. The van der Waals surface area contributed by atoms with Crippen molar-refractivity contribution in [1.82, 2.24) is 9.97 Å². The van der Waals surface area contributed by atoms with Crippen LogP contribution in [0.4, 0.5) is 4.39 Å². The molecule has 0 bridgehead atoms. The molecular weight excluding hydrogens is 263 g/mol. The third kappa shape index (κ3) is 3.21. The maximum Gasteiger partial charge on any atom is 0.251 e. The van der Waals surface area contributed by atoms with Crippen LogP contribution in [0.3, 0.4) is 0 Å². The number of methoxy groups -OCH3 is 1. The molecule has 5 nitrogen and oxygen atoms in total. The minimum Gasteiger partial charge on any atom is -0.496 e. The summed E-state index contributed by atoms with van der Waals surface area (Å²) in [7, 11) is 1.48. The highest BCUT2D eigenvalue weighted by Crippen LogP contribution is 2.28. The Bertz CT molecular complexity index is 655. The van der Waals surface area contributed by atoms with E-state index in [9.17, 15) is 9.18 Å². The zero-order valence-corrected chi connectivity index (χ0v) is 11.3. The van der Waals surface area contributed by atoms with E-state index in [1.54, 1.807) is 0 Å². The van der Waals surface area contributed by atoms with Gasteiger partial charge in [-0.15, -0.1) is 0 Å².